The van der Waals surface area contributed by atoms with Crippen LogP contribution in [0.5, 0.6) is 11.5 Å². The summed E-state index contributed by atoms with van der Waals surface area (Å²) in [6, 6.07) is 19.4. The van der Waals surface area contributed by atoms with E-state index in [-0.39, 0.29) is 17.7 Å². The average molecular weight is 545 g/mol. The van der Waals surface area contributed by atoms with Crippen LogP contribution in [0.2, 0.25) is 0 Å². The number of hydrogen-bond acceptors (Lipinski definition) is 7. The third kappa shape index (κ3) is 5.00. The molecule has 0 radical (unpaired) electrons. The number of ether oxygens (including phenoxy) is 3. The Hall–Kier alpha value is -4.50. The molecular formula is C30H25FN2O5S. The molecular weight excluding hydrogens is 519 g/mol. The summed E-state index contributed by atoms with van der Waals surface area (Å²) in [7, 11) is 3.10. The lowest BCUT2D eigenvalue weighted by molar-refractivity contribution is -0.138. The van der Waals surface area contributed by atoms with E-state index >= 15 is 0 Å². The van der Waals surface area contributed by atoms with Gasteiger partial charge in [0.05, 0.1) is 42.7 Å². The van der Waals surface area contributed by atoms with Crippen LogP contribution in [-0.2, 0) is 9.53 Å². The lowest BCUT2D eigenvalue weighted by atomic mass is 9.93. The quantitative estimate of drug-likeness (QED) is 0.328. The second-order valence-electron chi connectivity index (χ2n) is 8.59. The van der Waals surface area contributed by atoms with Gasteiger partial charge in [-0.1, -0.05) is 53.8 Å². The molecule has 1 unspecified atom stereocenters. The molecule has 1 atom stereocenters. The van der Waals surface area contributed by atoms with Gasteiger partial charge in [0.25, 0.3) is 5.56 Å². The van der Waals surface area contributed by atoms with Crippen LogP contribution < -0.4 is 24.4 Å². The first kappa shape index (κ1) is 26.1. The molecule has 0 spiro atoms. The average Bonchev–Trinajstić information content (AvgIpc) is 3.27. The minimum atomic E-state index is -0.879. The normalized spacial score (nSPS) is 15.0. The standard InChI is InChI=1S/C30H25FN2O5S/c1-4-38-29(35)25-26(18-8-6-5-7-9-18)32-30-33(27(25)19-10-13-21(31)14-11-19)28(34)24(39-30)16-20-12-15-22(36-2)17-23(20)37-3/h5-17,27H,4H2,1-3H3/b24-16+. The van der Waals surface area contributed by atoms with Crippen molar-refractivity contribution in [1.29, 1.82) is 0 Å². The molecule has 1 aromatic heterocycles. The van der Waals surface area contributed by atoms with E-state index in [0.29, 0.717) is 43.2 Å². The Labute approximate surface area is 227 Å². The van der Waals surface area contributed by atoms with Gasteiger partial charge in [-0.15, -0.1) is 0 Å². The van der Waals surface area contributed by atoms with Gasteiger partial charge in [0, 0.05) is 17.2 Å². The number of methoxy groups -OCH3 is 2. The summed E-state index contributed by atoms with van der Waals surface area (Å²) >= 11 is 1.19. The predicted molar refractivity (Wildman–Crippen MR) is 147 cm³/mol. The Balaban J connectivity index is 1.81. The maximum Gasteiger partial charge on any atom is 0.338 e. The fourth-order valence-corrected chi connectivity index (χ4v) is 5.47. The smallest absolute Gasteiger partial charge is 0.338 e. The fourth-order valence-electron chi connectivity index (χ4n) is 4.48. The van der Waals surface area contributed by atoms with E-state index in [4.69, 9.17) is 19.2 Å². The highest BCUT2D eigenvalue weighted by Gasteiger charge is 2.35. The number of halogens is 1. The number of benzene rings is 3. The highest BCUT2D eigenvalue weighted by molar-refractivity contribution is 7.07. The number of esters is 1. The molecule has 0 saturated heterocycles. The van der Waals surface area contributed by atoms with Crippen molar-refractivity contribution >= 4 is 29.1 Å². The first-order chi connectivity index (χ1) is 18.9. The number of hydrogen-bond donors (Lipinski definition) is 0. The summed E-state index contributed by atoms with van der Waals surface area (Å²) in [6.45, 7) is 1.85. The van der Waals surface area contributed by atoms with Gasteiger partial charge in [-0.3, -0.25) is 9.36 Å². The lowest BCUT2D eigenvalue weighted by Crippen LogP contribution is -2.40. The van der Waals surface area contributed by atoms with Crippen molar-refractivity contribution in [2.45, 2.75) is 13.0 Å². The number of thiazole rings is 1. The highest BCUT2D eigenvalue weighted by atomic mass is 32.1. The van der Waals surface area contributed by atoms with E-state index in [1.54, 1.807) is 57.6 Å². The van der Waals surface area contributed by atoms with Gasteiger partial charge in [-0.25, -0.2) is 14.2 Å². The van der Waals surface area contributed by atoms with Crippen LogP contribution >= 0.6 is 11.3 Å². The lowest BCUT2D eigenvalue weighted by Gasteiger charge is -2.25. The molecule has 2 heterocycles. The molecule has 0 aliphatic carbocycles. The zero-order chi connectivity index (χ0) is 27.5. The molecule has 0 N–H and O–H groups in total. The molecule has 0 amide bonds. The summed E-state index contributed by atoms with van der Waals surface area (Å²) in [4.78, 5) is 32.6. The van der Waals surface area contributed by atoms with Gasteiger partial charge in [0.2, 0.25) is 0 Å². The van der Waals surface area contributed by atoms with Crippen LogP contribution in [0.3, 0.4) is 0 Å². The molecule has 4 aromatic rings. The Morgan fingerprint density at radius 2 is 1.79 bits per heavy atom. The van der Waals surface area contributed by atoms with Crippen molar-refractivity contribution in [3.05, 3.63) is 121 Å². The van der Waals surface area contributed by atoms with Gasteiger partial charge < -0.3 is 14.2 Å². The first-order valence-corrected chi connectivity index (χ1v) is 13.0. The molecule has 1 aliphatic heterocycles. The zero-order valence-electron chi connectivity index (χ0n) is 21.5. The summed E-state index contributed by atoms with van der Waals surface area (Å²) in [5.41, 5.74) is 2.18. The van der Waals surface area contributed by atoms with Gasteiger partial charge in [0.15, 0.2) is 4.80 Å². The number of nitrogens with zero attached hydrogens (tertiary/aromatic N) is 2. The number of rotatable bonds is 7. The van der Waals surface area contributed by atoms with E-state index in [9.17, 15) is 14.0 Å². The Morgan fingerprint density at radius 3 is 2.46 bits per heavy atom. The molecule has 5 rings (SSSR count). The molecule has 198 valence electrons. The minimum Gasteiger partial charge on any atom is -0.497 e. The van der Waals surface area contributed by atoms with E-state index in [0.717, 1.165) is 0 Å². The molecule has 1 aliphatic rings. The van der Waals surface area contributed by atoms with E-state index in [1.807, 2.05) is 30.3 Å². The molecule has 7 nitrogen and oxygen atoms in total. The monoisotopic (exact) mass is 544 g/mol. The van der Waals surface area contributed by atoms with Crippen molar-refractivity contribution in [3.63, 3.8) is 0 Å². The predicted octanol–water partition coefficient (Wildman–Crippen LogP) is 4.09. The van der Waals surface area contributed by atoms with Crippen molar-refractivity contribution < 1.29 is 23.4 Å². The largest absolute Gasteiger partial charge is 0.497 e. The van der Waals surface area contributed by atoms with Crippen LogP contribution in [0.25, 0.3) is 11.8 Å². The Bertz CT molecular complexity index is 1740. The zero-order valence-corrected chi connectivity index (χ0v) is 22.3. The molecule has 0 saturated carbocycles. The molecule has 0 fully saturated rings. The minimum absolute atomic E-state index is 0.141. The molecule has 0 bridgehead atoms. The number of carbonyl (C=O) groups is 1. The fraction of sp³-hybridized carbons (Fsp3) is 0.167. The van der Waals surface area contributed by atoms with Crippen LogP contribution in [0.4, 0.5) is 4.39 Å². The van der Waals surface area contributed by atoms with E-state index in [2.05, 4.69) is 0 Å². The topological polar surface area (TPSA) is 79.1 Å². The van der Waals surface area contributed by atoms with E-state index < -0.39 is 17.8 Å². The van der Waals surface area contributed by atoms with Gasteiger partial charge in [0.1, 0.15) is 17.3 Å². The Morgan fingerprint density at radius 1 is 1.05 bits per heavy atom. The van der Waals surface area contributed by atoms with Crippen LogP contribution in [0.1, 0.15) is 29.7 Å². The number of carbonyl (C=O) groups excluding carboxylic acids is 1. The second-order valence-corrected chi connectivity index (χ2v) is 9.60. The highest BCUT2D eigenvalue weighted by Crippen LogP contribution is 2.35. The van der Waals surface area contributed by atoms with Crippen molar-refractivity contribution in [1.82, 2.24) is 4.57 Å². The molecule has 9 heteroatoms. The summed E-state index contributed by atoms with van der Waals surface area (Å²) in [5.74, 6) is 0.129. The summed E-state index contributed by atoms with van der Waals surface area (Å²) < 4.78 is 32.0. The first-order valence-electron chi connectivity index (χ1n) is 12.2. The third-order valence-corrected chi connectivity index (χ3v) is 7.27. The third-order valence-electron chi connectivity index (χ3n) is 6.29. The Kier molecular flexibility index (Phi) is 7.42. The van der Waals surface area contributed by atoms with E-state index in [1.165, 1.54) is 28.0 Å². The van der Waals surface area contributed by atoms with Crippen LogP contribution in [0.15, 0.2) is 88.2 Å². The maximum absolute atomic E-state index is 13.9. The second kappa shape index (κ2) is 11.1. The van der Waals surface area contributed by atoms with Crippen LogP contribution in [0, 0.1) is 5.82 Å². The summed E-state index contributed by atoms with van der Waals surface area (Å²) in [6.07, 6.45) is 1.72. The van der Waals surface area contributed by atoms with Crippen molar-refractivity contribution in [2.24, 2.45) is 4.99 Å². The number of fused-ring (bicyclic) bond motifs is 1. The summed E-state index contributed by atoms with van der Waals surface area (Å²) in [5, 5.41) is 0. The SMILES string of the molecule is CCOC(=O)C1=C(c2ccccc2)N=c2s/c(=C/c3ccc(OC)cc3OC)c(=O)n2C1c1ccc(F)cc1. The van der Waals surface area contributed by atoms with Crippen LogP contribution in [-0.4, -0.2) is 31.4 Å². The number of aromatic nitrogens is 1. The van der Waals surface area contributed by atoms with Gasteiger partial charge >= 0.3 is 5.97 Å². The van der Waals surface area contributed by atoms with Gasteiger partial charge in [-0.05, 0) is 42.8 Å². The maximum atomic E-state index is 13.9. The van der Waals surface area contributed by atoms with Gasteiger partial charge in [-0.2, -0.15) is 0 Å². The molecule has 3 aromatic carbocycles. The van der Waals surface area contributed by atoms with Crippen molar-refractivity contribution in [2.75, 3.05) is 20.8 Å². The van der Waals surface area contributed by atoms with Crippen molar-refractivity contribution in [3.8, 4) is 11.5 Å². The molecule has 39 heavy (non-hydrogen) atoms.